The van der Waals surface area contributed by atoms with Crippen molar-refractivity contribution in [1.29, 1.82) is 0 Å². The van der Waals surface area contributed by atoms with Crippen LogP contribution in [0, 0.1) is 17.3 Å². The highest BCUT2D eigenvalue weighted by molar-refractivity contribution is 6.01. The molecule has 14 heteroatoms. The van der Waals surface area contributed by atoms with E-state index < -0.39 is 89.3 Å². The Labute approximate surface area is 290 Å². The van der Waals surface area contributed by atoms with E-state index in [0.717, 1.165) is 0 Å². The smallest absolute Gasteiger partial charge is 0.348 e. The van der Waals surface area contributed by atoms with Crippen LogP contribution in [0.3, 0.4) is 0 Å². The number of carbonyl (C=O) groups excluding carboxylic acids is 6. The largest absolute Gasteiger partial charge is 0.505 e. The molecule has 1 aliphatic rings. The second-order valence-corrected chi connectivity index (χ2v) is 13.2. The molecular formula is C36H46N2O12. The van der Waals surface area contributed by atoms with Gasteiger partial charge in [0.05, 0.1) is 16.7 Å². The van der Waals surface area contributed by atoms with Crippen LogP contribution >= 0.6 is 0 Å². The van der Waals surface area contributed by atoms with Crippen LogP contribution in [-0.4, -0.2) is 83.0 Å². The third kappa shape index (κ3) is 9.37. The Balaban J connectivity index is 2.12. The number of ether oxygens (including phenoxy) is 4. The summed E-state index contributed by atoms with van der Waals surface area (Å²) < 4.78 is 22.7. The lowest BCUT2D eigenvalue weighted by Crippen LogP contribution is -2.52. The molecule has 1 saturated heterocycles. The Morgan fingerprint density at radius 2 is 1.54 bits per heavy atom. The van der Waals surface area contributed by atoms with Crippen molar-refractivity contribution in [3.05, 3.63) is 59.7 Å². The van der Waals surface area contributed by atoms with Crippen LogP contribution in [-0.2, 0) is 49.3 Å². The summed E-state index contributed by atoms with van der Waals surface area (Å²) in [5, 5.41) is 26.9. The summed E-state index contributed by atoms with van der Waals surface area (Å²) in [6, 6.07) is 10.9. The number of phenolic OH excluding ortho intramolecular Hbond substituents is 1. The summed E-state index contributed by atoms with van der Waals surface area (Å²) in [6.45, 7) is 10.6. The first kappa shape index (κ1) is 39.5. The number of hydrogen-bond acceptors (Lipinski definition) is 12. The lowest BCUT2D eigenvalue weighted by Gasteiger charge is -2.35. The number of benzene rings is 2. The molecule has 2 amide bonds. The molecule has 14 nitrogen and oxygen atoms in total. The number of carbonyl (C=O) groups is 6. The molecule has 1 fully saturated rings. The molecule has 272 valence electrons. The van der Waals surface area contributed by atoms with Crippen LogP contribution in [0.15, 0.2) is 48.5 Å². The first-order valence-electron chi connectivity index (χ1n) is 16.4. The van der Waals surface area contributed by atoms with E-state index in [1.807, 2.05) is 0 Å². The van der Waals surface area contributed by atoms with Crippen molar-refractivity contribution in [3.63, 3.8) is 0 Å². The van der Waals surface area contributed by atoms with Crippen LogP contribution in [0.5, 0.6) is 5.75 Å². The van der Waals surface area contributed by atoms with E-state index in [1.54, 1.807) is 58.0 Å². The first-order valence-corrected chi connectivity index (χ1v) is 16.4. The molecule has 0 saturated carbocycles. The quantitative estimate of drug-likeness (QED) is 0.129. The van der Waals surface area contributed by atoms with Gasteiger partial charge in [-0.3, -0.25) is 14.4 Å². The fourth-order valence-corrected chi connectivity index (χ4v) is 5.21. The van der Waals surface area contributed by atoms with Gasteiger partial charge in [0.1, 0.15) is 18.3 Å². The molecule has 0 spiro atoms. The maximum Gasteiger partial charge on any atom is 0.348 e. The maximum atomic E-state index is 13.8. The number of esters is 4. The topological polar surface area (TPSA) is 204 Å². The summed E-state index contributed by atoms with van der Waals surface area (Å²) >= 11 is 0. The van der Waals surface area contributed by atoms with E-state index in [1.165, 1.54) is 39.0 Å². The average Bonchev–Trinajstić information content (AvgIpc) is 3.07. The molecule has 0 aromatic heterocycles. The maximum absolute atomic E-state index is 13.8. The van der Waals surface area contributed by atoms with Gasteiger partial charge in [-0.2, -0.15) is 0 Å². The molecule has 3 rings (SSSR count). The summed E-state index contributed by atoms with van der Waals surface area (Å²) in [4.78, 5) is 79.3. The van der Waals surface area contributed by atoms with Gasteiger partial charge in [0.25, 0.3) is 5.91 Å². The van der Waals surface area contributed by atoms with Crippen LogP contribution in [0.1, 0.15) is 70.8 Å². The van der Waals surface area contributed by atoms with Crippen molar-refractivity contribution in [2.45, 2.75) is 97.9 Å². The van der Waals surface area contributed by atoms with Crippen molar-refractivity contribution in [2.24, 2.45) is 17.3 Å². The molecule has 1 heterocycles. The van der Waals surface area contributed by atoms with Gasteiger partial charge >= 0.3 is 23.9 Å². The minimum absolute atomic E-state index is 0.0305. The minimum atomic E-state index is -1.76. The lowest BCUT2D eigenvalue weighted by molar-refractivity contribution is -0.190. The third-order valence-corrected chi connectivity index (χ3v) is 8.68. The molecule has 4 N–H and O–H groups in total. The second-order valence-electron chi connectivity index (χ2n) is 13.2. The minimum Gasteiger partial charge on any atom is -0.505 e. The molecule has 0 bridgehead atoms. The summed E-state index contributed by atoms with van der Waals surface area (Å²) in [5.41, 5.74) is -1.48. The van der Waals surface area contributed by atoms with Gasteiger partial charge in [-0.05, 0) is 44.9 Å². The SMILES string of the molecule is CC[C@H](C)[C@@H]1OC(=O)C(C)(C)[C@@H](O)[C@@H](Cc2ccccc2)OC(=O)[C@H](C(C)C)OC(=O)[C@@H](NC(=O)c2cccc(NC=O)c2O)[C@H](C)OC1=O. The molecule has 1 aliphatic heterocycles. The number of aliphatic hydroxyl groups is 1. The number of aromatic hydroxyl groups is 1. The summed E-state index contributed by atoms with van der Waals surface area (Å²) in [5.74, 6) is -7.13. The van der Waals surface area contributed by atoms with Crippen molar-refractivity contribution >= 4 is 41.9 Å². The number of aliphatic hydroxyl groups excluding tert-OH is 1. The van der Waals surface area contributed by atoms with Crippen molar-refractivity contribution in [3.8, 4) is 5.75 Å². The number of hydrogen-bond donors (Lipinski definition) is 4. The second kappa shape index (κ2) is 17.1. The highest BCUT2D eigenvalue weighted by Gasteiger charge is 2.47. The zero-order valence-corrected chi connectivity index (χ0v) is 29.2. The van der Waals surface area contributed by atoms with E-state index in [2.05, 4.69) is 10.6 Å². The van der Waals surface area contributed by atoms with Crippen molar-refractivity contribution < 1.29 is 57.9 Å². The van der Waals surface area contributed by atoms with Gasteiger partial charge in [0.15, 0.2) is 11.8 Å². The number of para-hydroxylation sites is 1. The Bertz CT molecular complexity index is 1540. The number of phenols is 1. The zero-order valence-electron chi connectivity index (χ0n) is 29.2. The Kier molecular flexibility index (Phi) is 13.5. The molecule has 0 unspecified atom stereocenters. The van der Waals surface area contributed by atoms with E-state index >= 15 is 0 Å². The Morgan fingerprint density at radius 3 is 2.14 bits per heavy atom. The molecule has 0 aliphatic carbocycles. The van der Waals surface area contributed by atoms with Crippen LogP contribution < -0.4 is 10.6 Å². The normalized spacial score (nSPS) is 25.5. The first-order chi connectivity index (χ1) is 23.5. The van der Waals surface area contributed by atoms with Crippen molar-refractivity contribution in [1.82, 2.24) is 5.32 Å². The molecule has 7 atom stereocenters. The van der Waals surface area contributed by atoms with E-state index in [4.69, 9.17) is 18.9 Å². The highest BCUT2D eigenvalue weighted by Crippen LogP contribution is 2.32. The highest BCUT2D eigenvalue weighted by atomic mass is 16.6. The number of anilines is 1. The van der Waals surface area contributed by atoms with Crippen molar-refractivity contribution in [2.75, 3.05) is 5.32 Å². The van der Waals surface area contributed by atoms with Crippen LogP contribution in [0.2, 0.25) is 0 Å². The fourth-order valence-electron chi connectivity index (χ4n) is 5.21. The third-order valence-electron chi connectivity index (χ3n) is 8.68. The van der Waals surface area contributed by atoms with E-state index in [-0.39, 0.29) is 17.7 Å². The Morgan fingerprint density at radius 1 is 0.900 bits per heavy atom. The van der Waals surface area contributed by atoms with Crippen LogP contribution in [0.25, 0.3) is 0 Å². The number of nitrogens with one attached hydrogen (secondary N) is 2. The van der Waals surface area contributed by atoms with E-state index in [0.29, 0.717) is 18.4 Å². The Hall–Kier alpha value is -4.98. The number of rotatable bonds is 9. The molecule has 2 aromatic rings. The van der Waals surface area contributed by atoms with Gasteiger partial charge in [-0.15, -0.1) is 0 Å². The molecular weight excluding hydrogens is 652 g/mol. The standard InChI is InChI=1S/C36H46N2O12/c1-8-20(4)29-34(45)47-21(5)26(38-31(42)23-15-12-16-24(27(23)40)37-18-39)32(43)49-28(19(2)3)33(44)48-25(17-22-13-10-9-11-14-22)30(41)36(6,7)35(46)50-29/h9-16,18-21,25-26,28-30,40-41H,8,17H2,1-7H3,(H,37,39)(H,38,42)/t20-,21-,25+,26-,28-,29-,30-/m0/s1. The van der Waals surface area contributed by atoms with Gasteiger partial charge < -0.3 is 39.8 Å². The summed E-state index contributed by atoms with van der Waals surface area (Å²) in [6.07, 6.45) is -6.89. The molecule has 50 heavy (non-hydrogen) atoms. The zero-order chi connectivity index (χ0) is 37.3. The summed E-state index contributed by atoms with van der Waals surface area (Å²) in [7, 11) is 0. The monoisotopic (exact) mass is 698 g/mol. The predicted octanol–water partition coefficient (Wildman–Crippen LogP) is 3.07. The number of amides is 2. The lowest BCUT2D eigenvalue weighted by atomic mass is 9.81. The molecule has 2 aromatic carbocycles. The van der Waals surface area contributed by atoms with Gasteiger partial charge in [0, 0.05) is 18.3 Å². The predicted molar refractivity (Wildman–Crippen MR) is 178 cm³/mol. The number of cyclic esters (lactones) is 4. The van der Waals surface area contributed by atoms with Gasteiger partial charge in [-0.25, -0.2) is 14.4 Å². The van der Waals surface area contributed by atoms with E-state index in [9.17, 15) is 39.0 Å². The van der Waals surface area contributed by atoms with Gasteiger partial charge in [0.2, 0.25) is 18.6 Å². The molecule has 0 radical (unpaired) electrons. The van der Waals surface area contributed by atoms with Gasteiger partial charge in [-0.1, -0.05) is 64.1 Å². The average molecular weight is 699 g/mol. The fraction of sp³-hybridized carbons (Fsp3) is 0.500. The van der Waals surface area contributed by atoms with Crippen LogP contribution in [0.4, 0.5) is 5.69 Å².